The van der Waals surface area contributed by atoms with E-state index in [9.17, 15) is 9.59 Å². The Hall–Kier alpha value is -3.32. The van der Waals surface area contributed by atoms with Crippen molar-refractivity contribution in [2.45, 2.75) is 13.5 Å². The van der Waals surface area contributed by atoms with E-state index in [1.54, 1.807) is 31.4 Å². The van der Waals surface area contributed by atoms with Crippen molar-refractivity contribution in [3.63, 3.8) is 0 Å². The zero-order valence-electron chi connectivity index (χ0n) is 15.4. The Bertz CT molecular complexity index is 1230. The molecule has 0 radical (unpaired) electrons. The number of methoxy groups -OCH3 is 1. The maximum absolute atomic E-state index is 12.9. The van der Waals surface area contributed by atoms with E-state index in [2.05, 4.69) is 10.1 Å². The molecule has 0 atom stereocenters. The molecule has 0 saturated carbocycles. The third-order valence-corrected chi connectivity index (χ3v) is 5.32. The number of nitrogens with zero attached hydrogens (tertiary/aromatic N) is 3. The lowest BCUT2D eigenvalue weighted by Gasteiger charge is -2.09. The summed E-state index contributed by atoms with van der Waals surface area (Å²) in [5.41, 5.74) is 1.96. The number of carbonyl (C=O) groups excluding carboxylic acids is 1. The fraction of sp³-hybridized carbons (Fsp3) is 0.143. The number of ketones is 1. The Morgan fingerprint density at radius 3 is 2.68 bits per heavy atom. The Morgan fingerprint density at radius 1 is 1.14 bits per heavy atom. The average molecular weight is 391 g/mol. The number of rotatable bonds is 5. The van der Waals surface area contributed by atoms with Gasteiger partial charge in [-0.15, -0.1) is 11.3 Å². The van der Waals surface area contributed by atoms with Gasteiger partial charge in [0.25, 0.3) is 5.56 Å². The monoisotopic (exact) mass is 391 g/mol. The number of aromatic nitrogens is 3. The Kier molecular flexibility index (Phi) is 4.75. The number of aryl methyl sites for hydroxylation is 1. The first kappa shape index (κ1) is 18.1. The molecular formula is C21H17N3O3S. The molecule has 2 aromatic heterocycles. The number of Topliss-reactive ketones (excluding diaryl/α,β-unsaturated/α-hetero) is 1. The van der Waals surface area contributed by atoms with Crippen molar-refractivity contribution in [2.75, 3.05) is 7.11 Å². The number of hydrogen-bond acceptors (Lipinski definition) is 6. The molecule has 140 valence electrons. The highest BCUT2D eigenvalue weighted by Gasteiger charge is 2.18. The standard InChI is InChI=1S/C21H17N3O3S/c1-13-22-19-20(28-13)18(14-7-4-3-5-8-14)23-24(21(19)26)12-17(25)15-9-6-10-16(11-15)27-2/h3-11H,12H2,1-2H3. The summed E-state index contributed by atoms with van der Waals surface area (Å²) in [6.07, 6.45) is 0. The zero-order chi connectivity index (χ0) is 19.7. The summed E-state index contributed by atoms with van der Waals surface area (Å²) in [5, 5.41) is 5.30. The summed E-state index contributed by atoms with van der Waals surface area (Å²) in [6, 6.07) is 16.4. The van der Waals surface area contributed by atoms with Crippen LogP contribution in [0.15, 0.2) is 59.4 Å². The number of fused-ring (bicyclic) bond motifs is 1. The van der Waals surface area contributed by atoms with Gasteiger partial charge in [0, 0.05) is 11.1 Å². The Balaban J connectivity index is 1.82. The summed E-state index contributed by atoms with van der Waals surface area (Å²) < 4.78 is 7.11. The number of carbonyl (C=O) groups is 1. The first-order chi connectivity index (χ1) is 13.6. The minimum atomic E-state index is -0.365. The summed E-state index contributed by atoms with van der Waals surface area (Å²) in [5.74, 6) is 0.362. The topological polar surface area (TPSA) is 74.1 Å². The summed E-state index contributed by atoms with van der Waals surface area (Å²) in [7, 11) is 1.54. The third kappa shape index (κ3) is 3.32. The number of ether oxygens (including phenoxy) is 1. The lowest BCUT2D eigenvalue weighted by molar-refractivity contribution is 0.0965. The molecule has 0 N–H and O–H groups in total. The number of benzene rings is 2. The fourth-order valence-electron chi connectivity index (χ4n) is 2.98. The lowest BCUT2D eigenvalue weighted by Crippen LogP contribution is -2.27. The molecule has 7 heteroatoms. The highest BCUT2D eigenvalue weighted by molar-refractivity contribution is 7.19. The molecule has 0 unspecified atom stereocenters. The van der Waals surface area contributed by atoms with Gasteiger partial charge in [-0.25, -0.2) is 9.67 Å². The van der Waals surface area contributed by atoms with Crippen molar-refractivity contribution in [3.8, 4) is 17.0 Å². The summed E-state index contributed by atoms with van der Waals surface area (Å²) in [4.78, 5) is 30.0. The van der Waals surface area contributed by atoms with Crippen LogP contribution in [0.25, 0.3) is 21.5 Å². The Labute approximate surface area is 165 Å². The van der Waals surface area contributed by atoms with Crippen LogP contribution in [0.3, 0.4) is 0 Å². The van der Waals surface area contributed by atoms with Gasteiger partial charge < -0.3 is 4.74 Å². The molecule has 0 aliphatic heterocycles. The van der Waals surface area contributed by atoms with Crippen LogP contribution in [-0.2, 0) is 6.54 Å². The fourth-order valence-corrected chi connectivity index (χ4v) is 3.90. The van der Waals surface area contributed by atoms with Gasteiger partial charge in [0.05, 0.1) is 16.8 Å². The Morgan fingerprint density at radius 2 is 1.93 bits per heavy atom. The van der Waals surface area contributed by atoms with Gasteiger partial charge in [-0.1, -0.05) is 42.5 Å². The molecule has 4 rings (SSSR count). The molecule has 0 fully saturated rings. The van der Waals surface area contributed by atoms with Gasteiger partial charge in [-0.2, -0.15) is 5.10 Å². The van der Waals surface area contributed by atoms with Gasteiger partial charge in [0.15, 0.2) is 11.3 Å². The highest BCUT2D eigenvalue weighted by Crippen LogP contribution is 2.29. The van der Waals surface area contributed by atoms with E-state index < -0.39 is 0 Å². The van der Waals surface area contributed by atoms with Crippen molar-refractivity contribution in [1.82, 2.24) is 14.8 Å². The molecule has 0 spiro atoms. The normalized spacial score (nSPS) is 10.9. The number of hydrogen-bond donors (Lipinski definition) is 0. The van der Waals surface area contributed by atoms with Gasteiger partial charge in [0.2, 0.25) is 0 Å². The molecule has 4 aromatic rings. The molecule has 6 nitrogen and oxygen atoms in total. The SMILES string of the molecule is COc1cccc(C(=O)Cn2nc(-c3ccccc3)c3sc(C)nc3c2=O)c1. The van der Waals surface area contributed by atoms with Crippen molar-refractivity contribution in [3.05, 3.63) is 75.5 Å². The van der Waals surface area contributed by atoms with E-state index in [0.717, 1.165) is 15.3 Å². The van der Waals surface area contributed by atoms with Crippen LogP contribution in [0.2, 0.25) is 0 Å². The maximum Gasteiger partial charge on any atom is 0.294 e. The van der Waals surface area contributed by atoms with Crippen molar-refractivity contribution >= 4 is 27.3 Å². The van der Waals surface area contributed by atoms with Crippen molar-refractivity contribution < 1.29 is 9.53 Å². The van der Waals surface area contributed by atoms with E-state index in [0.29, 0.717) is 22.5 Å². The molecule has 28 heavy (non-hydrogen) atoms. The van der Waals surface area contributed by atoms with Gasteiger partial charge in [-0.05, 0) is 19.1 Å². The molecule has 2 heterocycles. The van der Waals surface area contributed by atoms with E-state index in [-0.39, 0.29) is 17.9 Å². The second-order valence-corrected chi connectivity index (χ2v) is 7.45. The van der Waals surface area contributed by atoms with Crippen LogP contribution >= 0.6 is 11.3 Å². The minimum Gasteiger partial charge on any atom is -0.497 e. The van der Waals surface area contributed by atoms with Crippen LogP contribution in [0.1, 0.15) is 15.4 Å². The maximum atomic E-state index is 12.9. The second kappa shape index (κ2) is 7.36. The quantitative estimate of drug-likeness (QED) is 0.485. The van der Waals surface area contributed by atoms with Crippen LogP contribution in [0.4, 0.5) is 0 Å². The number of thiazole rings is 1. The first-order valence-corrected chi connectivity index (χ1v) is 9.49. The van der Waals surface area contributed by atoms with Crippen LogP contribution in [0.5, 0.6) is 5.75 Å². The predicted octanol–water partition coefficient (Wildman–Crippen LogP) is 3.72. The molecule has 0 amide bonds. The highest BCUT2D eigenvalue weighted by atomic mass is 32.1. The summed E-state index contributed by atoms with van der Waals surface area (Å²) >= 11 is 1.43. The molecule has 0 saturated heterocycles. The second-order valence-electron chi connectivity index (χ2n) is 6.24. The van der Waals surface area contributed by atoms with Crippen molar-refractivity contribution in [1.29, 1.82) is 0 Å². The zero-order valence-corrected chi connectivity index (χ0v) is 16.2. The van der Waals surface area contributed by atoms with Gasteiger partial charge in [0.1, 0.15) is 18.0 Å². The minimum absolute atomic E-state index is 0.168. The third-order valence-electron chi connectivity index (χ3n) is 4.34. The predicted molar refractivity (Wildman–Crippen MR) is 109 cm³/mol. The van der Waals surface area contributed by atoms with Gasteiger partial charge in [-0.3, -0.25) is 9.59 Å². The molecular weight excluding hydrogens is 374 g/mol. The molecule has 2 aromatic carbocycles. The van der Waals surface area contributed by atoms with Gasteiger partial charge >= 0.3 is 0 Å². The van der Waals surface area contributed by atoms with Crippen LogP contribution < -0.4 is 10.3 Å². The first-order valence-electron chi connectivity index (χ1n) is 8.68. The smallest absolute Gasteiger partial charge is 0.294 e. The van der Waals surface area contributed by atoms with Crippen LogP contribution in [-0.4, -0.2) is 27.7 Å². The largest absolute Gasteiger partial charge is 0.497 e. The average Bonchev–Trinajstić information content (AvgIpc) is 3.12. The van der Waals surface area contributed by atoms with E-state index >= 15 is 0 Å². The van der Waals surface area contributed by atoms with Crippen LogP contribution in [0, 0.1) is 6.92 Å². The lowest BCUT2D eigenvalue weighted by atomic mass is 10.1. The summed E-state index contributed by atoms with van der Waals surface area (Å²) in [6.45, 7) is 1.68. The van der Waals surface area contributed by atoms with Crippen molar-refractivity contribution in [2.24, 2.45) is 0 Å². The van der Waals surface area contributed by atoms with E-state index in [4.69, 9.17) is 4.74 Å². The molecule has 0 aliphatic rings. The molecule has 0 bridgehead atoms. The van der Waals surface area contributed by atoms with E-state index in [1.807, 2.05) is 37.3 Å². The van der Waals surface area contributed by atoms with E-state index in [1.165, 1.54) is 16.0 Å². The molecule has 0 aliphatic carbocycles.